The SMILES string of the molecule is N#CC1([NH3+])C2CC3CC(C2)CC1C3. The van der Waals surface area contributed by atoms with Gasteiger partial charge in [-0.15, -0.1) is 0 Å². The second kappa shape index (κ2) is 2.27. The molecule has 0 amide bonds. The molecule has 4 fully saturated rings. The Bertz CT molecular complexity index is 248. The summed E-state index contributed by atoms with van der Waals surface area (Å²) >= 11 is 0. The molecule has 0 aliphatic heterocycles. The van der Waals surface area contributed by atoms with Crippen molar-refractivity contribution < 1.29 is 5.73 Å². The molecule has 4 aliphatic rings. The van der Waals surface area contributed by atoms with Crippen LogP contribution in [0.2, 0.25) is 0 Å². The van der Waals surface area contributed by atoms with Crippen LogP contribution >= 0.6 is 0 Å². The van der Waals surface area contributed by atoms with Gasteiger partial charge >= 0.3 is 0 Å². The maximum atomic E-state index is 9.24. The molecule has 0 radical (unpaired) electrons. The van der Waals surface area contributed by atoms with Crippen LogP contribution in [0.25, 0.3) is 0 Å². The predicted octanol–water partition coefficient (Wildman–Crippen LogP) is 0.947. The van der Waals surface area contributed by atoms with Crippen LogP contribution < -0.4 is 5.73 Å². The molecule has 2 nitrogen and oxygen atoms in total. The van der Waals surface area contributed by atoms with Crippen molar-refractivity contribution >= 4 is 0 Å². The van der Waals surface area contributed by atoms with Gasteiger partial charge in [0, 0.05) is 11.8 Å². The van der Waals surface area contributed by atoms with Gasteiger partial charge in [0.1, 0.15) is 6.07 Å². The van der Waals surface area contributed by atoms with Crippen LogP contribution in [0.3, 0.4) is 0 Å². The molecular formula is C11H17N2+. The third kappa shape index (κ3) is 0.862. The smallest absolute Gasteiger partial charge is 0.187 e. The third-order valence-corrected chi connectivity index (χ3v) is 4.80. The van der Waals surface area contributed by atoms with Crippen LogP contribution in [0.1, 0.15) is 32.1 Å². The average Bonchev–Trinajstić information content (AvgIpc) is 2.13. The van der Waals surface area contributed by atoms with Crippen molar-refractivity contribution in [1.29, 1.82) is 5.26 Å². The van der Waals surface area contributed by atoms with Crippen molar-refractivity contribution in [3.8, 4) is 6.07 Å². The van der Waals surface area contributed by atoms with Gasteiger partial charge in [-0.05, 0) is 43.9 Å². The zero-order valence-corrected chi connectivity index (χ0v) is 8.00. The van der Waals surface area contributed by atoms with Crippen molar-refractivity contribution in [3.05, 3.63) is 0 Å². The van der Waals surface area contributed by atoms with Gasteiger partial charge in [-0.25, -0.2) is 0 Å². The van der Waals surface area contributed by atoms with E-state index in [1.54, 1.807) is 0 Å². The number of nitrogens with zero attached hydrogens (tertiary/aromatic N) is 1. The van der Waals surface area contributed by atoms with Gasteiger partial charge in [-0.3, -0.25) is 0 Å². The first-order chi connectivity index (χ1) is 6.22. The van der Waals surface area contributed by atoms with Gasteiger partial charge in [-0.2, -0.15) is 5.26 Å². The molecule has 4 aliphatic carbocycles. The van der Waals surface area contributed by atoms with E-state index >= 15 is 0 Å². The van der Waals surface area contributed by atoms with Crippen LogP contribution in [0.15, 0.2) is 0 Å². The van der Waals surface area contributed by atoms with Crippen LogP contribution in [0.5, 0.6) is 0 Å². The normalized spacial score (nSPS) is 57.8. The van der Waals surface area contributed by atoms with Crippen LogP contribution in [0.4, 0.5) is 0 Å². The van der Waals surface area contributed by atoms with E-state index in [1.165, 1.54) is 32.1 Å². The van der Waals surface area contributed by atoms with E-state index in [0.29, 0.717) is 11.8 Å². The van der Waals surface area contributed by atoms with E-state index < -0.39 is 0 Å². The van der Waals surface area contributed by atoms with E-state index in [9.17, 15) is 5.26 Å². The van der Waals surface area contributed by atoms with E-state index in [-0.39, 0.29) is 5.54 Å². The Morgan fingerprint density at radius 1 is 1.00 bits per heavy atom. The lowest BCUT2D eigenvalue weighted by Gasteiger charge is -2.54. The average molecular weight is 177 g/mol. The van der Waals surface area contributed by atoms with E-state index in [2.05, 4.69) is 11.8 Å². The van der Waals surface area contributed by atoms with E-state index in [1.807, 2.05) is 0 Å². The maximum absolute atomic E-state index is 9.24. The second-order valence-corrected chi connectivity index (χ2v) is 5.46. The van der Waals surface area contributed by atoms with Gasteiger partial charge in [0.05, 0.1) is 0 Å². The summed E-state index contributed by atoms with van der Waals surface area (Å²) in [6.07, 6.45) is 6.64. The number of hydrogen-bond acceptors (Lipinski definition) is 1. The molecule has 0 unspecified atom stereocenters. The summed E-state index contributed by atoms with van der Waals surface area (Å²) in [6.45, 7) is 0. The molecule has 3 N–H and O–H groups in total. The molecule has 0 saturated heterocycles. The minimum Gasteiger partial charge on any atom is -0.340 e. The van der Waals surface area contributed by atoms with Crippen molar-refractivity contribution in [3.63, 3.8) is 0 Å². The minimum absolute atomic E-state index is 0.201. The lowest BCUT2D eigenvalue weighted by Crippen LogP contribution is -2.82. The zero-order chi connectivity index (χ0) is 9.05. The standard InChI is InChI=1S/C11H16N2/c12-6-11(13)9-2-7-1-8(4-9)5-10(11)3-7/h7-10H,1-5,13H2/p+1. The lowest BCUT2D eigenvalue weighted by atomic mass is 9.49. The molecule has 70 valence electrons. The largest absolute Gasteiger partial charge is 0.340 e. The van der Waals surface area contributed by atoms with Gasteiger partial charge < -0.3 is 5.73 Å². The number of quaternary nitrogens is 1. The maximum Gasteiger partial charge on any atom is 0.187 e. The summed E-state index contributed by atoms with van der Waals surface area (Å²) in [6, 6.07) is 2.51. The van der Waals surface area contributed by atoms with Crippen molar-refractivity contribution in [2.24, 2.45) is 23.7 Å². The Balaban J connectivity index is 1.99. The van der Waals surface area contributed by atoms with Crippen molar-refractivity contribution in [1.82, 2.24) is 0 Å². The molecular weight excluding hydrogens is 160 g/mol. The molecule has 4 rings (SSSR count). The van der Waals surface area contributed by atoms with Crippen molar-refractivity contribution in [2.45, 2.75) is 37.6 Å². The lowest BCUT2D eigenvalue weighted by molar-refractivity contribution is -0.501. The molecule has 0 aromatic heterocycles. The molecule has 0 heterocycles. The highest BCUT2D eigenvalue weighted by atomic mass is 14.8. The van der Waals surface area contributed by atoms with Gasteiger partial charge in [0.2, 0.25) is 0 Å². The first-order valence-electron chi connectivity index (χ1n) is 5.49. The quantitative estimate of drug-likeness (QED) is 0.588. The fourth-order valence-electron chi connectivity index (χ4n) is 4.21. The Morgan fingerprint density at radius 2 is 1.46 bits per heavy atom. The Labute approximate surface area is 79.1 Å². The topological polar surface area (TPSA) is 51.4 Å². The summed E-state index contributed by atoms with van der Waals surface area (Å²) in [7, 11) is 0. The molecule has 0 atom stereocenters. The zero-order valence-electron chi connectivity index (χ0n) is 8.00. The molecule has 0 spiro atoms. The summed E-state index contributed by atoms with van der Waals surface area (Å²) in [5, 5.41) is 9.24. The summed E-state index contributed by atoms with van der Waals surface area (Å²) < 4.78 is 0. The van der Waals surface area contributed by atoms with E-state index in [4.69, 9.17) is 0 Å². The van der Waals surface area contributed by atoms with Crippen LogP contribution in [-0.4, -0.2) is 5.54 Å². The molecule has 0 aromatic rings. The fraction of sp³-hybridized carbons (Fsp3) is 0.909. The number of rotatable bonds is 0. The summed E-state index contributed by atoms with van der Waals surface area (Å²) in [4.78, 5) is 0. The molecule has 0 aromatic carbocycles. The van der Waals surface area contributed by atoms with Crippen LogP contribution in [0, 0.1) is 35.0 Å². The molecule has 13 heavy (non-hydrogen) atoms. The second-order valence-electron chi connectivity index (χ2n) is 5.46. The summed E-state index contributed by atoms with van der Waals surface area (Å²) in [5.74, 6) is 3.17. The molecule has 4 saturated carbocycles. The third-order valence-electron chi connectivity index (χ3n) is 4.80. The number of hydrogen-bond donors (Lipinski definition) is 1. The predicted molar refractivity (Wildman–Crippen MR) is 48.3 cm³/mol. The number of nitriles is 1. The monoisotopic (exact) mass is 177 g/mol. The highest BCUT2D eigenvalue weighted by molar-refractivity contribution is 5.15. The first kappa shape index (κ1) is 7.82. The van der Waals surface area contributed by atoms with E-state index in [0.717, 1.165) is 11.8 Å². The Morgan fingerprint density at radius 3 is 1.85 bits per heavy atom. The minimum atomic E-state index is -0.201. The van der Waals surface area contributed by atoms with Gasteiger partial charge in [0.15, 0.2) is 5.54 Å². The van der Waals surface area contributed by atoms with Gasteiger partial charge in [-0.1, -0.05) is 0 Å². The summed E-state index contributed by atoms with van der Waals surface area (Å²) in [5.41, 5.74) is 4.02. The molecule has 2 heteroatoms. The first-order valence-corrected chi connectivity index (χ1v) is 5.49. The highest BCUT2D eigenvalue weighted by Gasteiger charge is 2.58. The fourth-order valence-corrected chi connectivity index (χ4v) is 4.21. The van der Waals surface area contributed by atoms with Crippen molar-refractivity contribution in [2.75, 3.05) is 0 Å². The Kier molecular flexibility index (Phi) is 1.37. The highest BCUT2D eigenvalue weighted by Crippen LogP contribution is 2.56. The molecule has 4 bridgehead atoms. The van der Waals surface area contributed by atoms with Gasteiger partial charge in [0.25, 0.3) is 0 Å². The Hall–Kier alpha value is -0.550. The van der Waals surface area contributed by atoms with Crippen LogP contribution in [-0.2, 0) is 0 Å².